The van der Waals surface area contributed by atoms with Gasteiger partial charge in [0.05, 0.1) is 0 Å². The molecular formula is C11H17F3N4S. The fraction of sp³-hybridized carbons (Fsp3) is 0.727. The zero-order chi connectivity index (χ0) is 14.0. The van der Waals surface area contributed by atoms with Gasteiger partial charge in [-0.1, -0.05) is 0 Å². The quantitative estimate of drug-likeness (QED) is 0.923. The van der Waals surface area contributed by atoms with E-state index in [2.05, 4.69) is 9.88 Å². The van der Waals surface area contributed by atoms with Gasteiger partial charge in [0.1, 0.15) is 6.04 Å². The molecule has 1 unspecified atom stereocenters. The number of hydrogen-bond acceptors (Lipinski definition) is 5. The van der Waals surface area contributed by atoms with Crippen molar-refractivity contribution in [1.82, 2.24) is 14.8 Å². The summed E-state index contributed by atoms with van der Waals surface area (Å²) in [5.74, 6) is 0. The molecule has 0 bridgehead atoms. The Kier molecular flexibility index (Phi) is 4.32. The number of thiazole rings is 1. The molecule has 0 saturated carbocycles. The van der Waals surface area contributed by atoms with Crippen LogP contribution < -0.4 is 5.73 Å². The lowest BCUT2D eigenvalue weighted by atomic mass is 10.2. The van der Waals surface area contributed by atoms with Crippen molar-refractivity contribution in [2.75, 3.05) is 31.9 Å². The summed E-state index contributed by atoms with van der Waals surface area (Å²) in [4.78, 5) is 8.63. The number of hydrogen-bond donors (Lipinski definition) is 1. The summed E-state index contributed by atoms with van der Waals surface area (Å²) >= 11 is 1.42. The number of rotatable bonds is 3. The second-order valence-electron chi connectivity index (χ2n) is 4.69. The van der Waals surface area contributed by atoms with Crippen LogP contribution in [0, 0.1) is 0 Å². The number of alkyl halides is 3. The number of aromatic nitrogens is 1. The van der Waals surface area contributed by atoms with Crippen LogP contribution in [-0.2, 0) is 6.54 Å². The van der Waals surface area contributed by atoms with E-state index in [0.717, 1.165) is 4.88 Å². The highest BCUT2D eigenvalue weighted by atomic mass is 32.1. The van der Waals surface area contributed by atoms with E-state index in [1.54, 1.807) is 6.20 Å². The molecule has 0 spiro atoms. The zero-order valence-electron chi connectivity index (χ0n) is 10.7. The van der Waals surface area contributed by atoms with Crippen LogP contribution in [0.3, 0.4) is 0 Å². The van der Waals surface area contributed by atoms with Crippen LogP contribution in [0.15, 0.2) is 6.20 Å². The van der Waals surface area contributed by atoms with E-state index in [9.17, 15) is 13.2 Å². The van der Waals surface area contributed by atoms with Gasteiger partial charge in [0.25, 0.3) is 0 Å². The third-order valence-electron chi connectivity index (χ3n) is 3.38. The lowest BCUT2D eigenvalue weighted by Crippen LogP contribution is -2.53. The smallest absolute Gasteiger partial charge is 0.375 e. The number of anilines is 1. The SMILES string of the molecule is CC(N1CCN(Cc2cnc(N)s2)CC1)C(F)(F)F. The Balaban J connectivity index is 1.82. The fourth-order valence-corrected chi connectivity index (χ4v) is 2.86. The molecular weight excluding hydrogens is 277 g/mol. The molecule has 2 N–H and O–H groups in total. The van der Waals surface area contributed by atoms with Gasteiger partial charge in [-0.3, -0.25) is 9.80 Å². The number of piperazine rings is 1. The maximum absolute atomic E-state index is 12.6. The van der Waals surface area contributed by atoms with Crippen molar-refractivity contribution in [2.24, 2.45) is 0 Å². The Morgan fingerprint density at radius 1 is 1.37 bits per heavy atom. The van der Waals surface area contributed by atoms with Crippen molar-refractivity contribution in [1.29, 1.82) is 0 Å². The summed E-state index contributed by atoms with van der Waals surface area (Å²) in [7, 11) is 0. The first-order chi connectivity index (χ1) is 8.86. The molecule has 19 heavy (non-hydrogen) atoms. The van der Waals surface area contributed by atoms with E-state index in [1.165, 1.54) is 23.2 Å². The Labute approximate surface area is 114 Å². The van der Waals surface area contributed by atoms with Gasteiger partial charge in [0.2, 0.25) is 0 Å². The Morgan fingerprint density at radius 3 is 2.47 bits per heavy atom. The van der Waals surface area contributed by atoms with Crippen LogP contribution in [0.5, 0.6) is 0 Å². The van der Waals surface area contributed by atoms with E-state index in [-0.39, 0.29) is 0 Å². The van der Waals surface area contributed by atoms with Crippen molar-refractivity contribution in [2.45, 2.75) is 25.7 Å². The second kappa shape index (κ2) is 5.64. The first kappa shape index (κ1) is 14.5. The molecule has 1 aromatic rings. The number of nitrogen functional groups attached to an aromatic ring is 1. The normalized spacial score (nSPS) is 20.6. The molecule has 1 saturated heterocycles. The van der Waals surface area contributed by atoms with Gasteiger partial charge in [-0.2, -0.15) is 13.2 Å². The van der Waals surface area contributed by atoms with Crippen molar-refractivity contribution in [3.8, 4) is 0 Å². The monoisotopic (exact) mass is 294 g/mol. The van der Waals surface area contributed by atoms with Crippen LogP contribution in [0.2, 0.25) is 0 Å². The predicted molar refractivity (Wildman–Crippen MR) is 68.9 cm³/mol. The first-order valence-corrected chi connectivity index (χ1v) is 6.91. The van der Waals surface area contributed by atoms with Crippen LogP contribution in [0.4, 0.5) is 18.3 Å². The minimum absolute atomic E-state index is 0.439. The van der Waals surface area contributed by atoms with Crippen LogP contribution in [-0.4, -0.2) is 53.2 Å². The minimum Gasteiger partial charge on any atom is -0.375 e. The van der Waals surface area contributed by atoms with Crippen LogP contribution in [0.25, 0.3) is 0 Å². The Morgan fingerprint density at radius 2 is 2.00 bits per heavy atom. The third kappa shape index (κ3) is 3.80. The van der Waals surface area contributed by atoms with Crippen LogP contribution in [0.1, 0.15) is 11.8 Å². The second-order valence-corrected chi connectivity index (χ2v) is 5.84. The molecule has 2 rings (SSSR count). The topological polar surface area (TPSA) is 45.4 Å². The van der Waals surface area contributed by atoms with Crippen molar-refractivity contribution >= 4 is 16.5 Å². The Hall–Kier alpha value is -0.860. The largest absolute Gasteiger partial charge is 0.403 e. The third-order valence-corrected chi connectivity index (χ3v) is 4.19. The molecule has 0 radical (unpaired) electrons. The molecule has 1 aliphatic heterocycles. The summed E-state index contributed by atoms with van der Waals surface area (Å²) in [6.07, 6.45) is -2.42. The van der Waals surface area contributed by atoms with Gasteiger partial charge in [-0.15, -0.1) is 11.3 Å². The van der Waals surface area contributed by atoms with Gasteiger partial charge in [-0.25, -0.2) is 4.98 Å². The fourth-order valence-electron chi connectivity index (χ4n) is 2.13. The highest BCUT2D eigenvalue weighted by Gasteiger charge is 2.40. The van der Waals surface area contributed by atoms with E-state index in [0.29, 0.717) is 37.9 Å². The average Bonchev–Trinajstić information content (AvgIpc) is 2.74. The summed E-state index contributed by atoms with van der Waals surface area (Å²) in [6.45, 7) is 4.09. The molecule has 4 nitrogen and oxygen atoms in total. The molecule has 0 amide bonds. The van der Waals surface area contributed by atoms with E-state index in [4.69, 9.17) is 5.73 Å². The van der Waals surface area contributed by atoms with Gasteiger partial charge in [0.15, 0.2) is 5.13 Å². The van der Waals surface area contributed by atoms with Crippen molar-refractivity contribution in [3.05, 3.63) is 11.1 Å². The molecule has 108 valence electrons. The van der Waals surface area contributed by atoms with E-state index < -0.39 is 12.2 Å². The zero-order valence-corrected chi connectivity index (χ0v) is 11.5. The Bertz CT molecular complexity index is 412. The van der Waals surface area contributed by atoms with Crippen molar-refractivity contribution < 1.29 is 13.2 Å². The standard InChI is InChI=1S/C11H17F3N4S/c1-8(11(12,13)14)18-4-2-17(3-5-18)7-9-6-16-10(15)19-9/h6,8H,2-5,7H2,1H3,(H2,15,16). The summed E-state index contributed by atoms with van der Waals surface area (Å²) in [6, 6.07) is -1.37. The lowest BCUT2D eigenvalue weighted by molar-refractivity contribution is -0.182. The predicted octanol–water partition coefficient (Wildman–Crippen LogP) is 1.79. The highest BCUT2D eigenvalue weighted by Crippen LogP contribution is 2.25. The molecule has 8 heteroatoms. The maximum Gasteiger partial charge on any atom is 0.403 e. The minimum atomic E-state index is -4.14. The van der Waals surface area contributed by atoms with Crippen LogP contribution >= 0.6 is 11.3 Å². The maximum atomic E-state index is 12.6. The molecule has 1 atom stereocenters. The van der Waals surface area contributed by atoms with Gasteiger partial charge in [0, 0.05) is 43.8 Å². The lowest BCUT2D eigenvalue weighted by Gasteiger charge is -2.38. The molecule has 1 aliphatic rings. The average molecular weight is 294 g/mol. The summed E-state index contributed by atoms with van der Waals surface area (Å²) < 4.78 is 37.8. The van der Waals surface area contributed by atoms with Gasteiger partial charge < -0.3 is 5.73 Å². The van der Waals surface area contributed by atoms with Crippen molar-refractivity contribution in [3.63, 3.8) is 0 Å². The number of nitrogens with two attached hydrogens (primary N) is 1. The molecule has 0 aromatic carbocycles. The number of halogens is 3. The van der Waals surface area contributed by atoms with E-state index >= 15 is 0 Å². The number of nitrogens with zero attached hydrogens (tertiary/aromatic N) is 3. The summed E-state index contributed by atoms with van der Waals surface area (Å²) in [5.41, 5.74) is 5.55. The van der Waals surface area contributed by atoms with Gasteiger partial charge >= 0.3 is 6.18 Å². The highest BCUT2D eigenvalue weighted by molar-refractivity contribution is 7.15. The molecule has 0 aliphatic carbocycles. The first-order valence-electron chi connectivity index (χ1n) is 6.09. The van der Waals surface area contributed by atoms with E-state index in [1.807, 2.05) is 0 Å². The van der Waals surface area contributed by atoms with Gasteiger partial charge in [-0.05, 0) is 6.92 Å². The molecule has 2 heterocycles. The molecule has 1 aromatic heterocycles. The molecule has 1 fully saturated rings. The summed E-state index contributed by atoms with van der Waals surface area (Å²) in [5, 5.41) is 0.527.